The van der Waals surface area contributed by atoms with Crippen molar-refractivity contribution in [3.8, 4) is 17.0 Å². The molecule has 2 N–H and O–H groups in total. The van der Waals surface area contributed by atoms with E-state index in [0.29, 0.717) is 40.0 Å². The number of amides is 1. The van der Waals surface area contributed by atoms with E-state index in [2.05, 4.69) is 21.4 Å². The monoisotopic (exact) mass is 520 g/mol. The van der Waals surface area contributed by atoms with E-state index in [4.69, 9.17) is 21.1 Å². The highest BCUT2D eigenvalue weighted by Crippen LogP contribution is 2.42. The van der Waals surface area contributed by atoms with E-state index in [-0.39, 0.29) is 29.6 Å². The third kappa shape index (κ3) is 4.10. The van der Waals surface area contributed by atoms with Crippen LogP contribution in [0.15, 0.2) is 42.7 Å². The quantitative estimate of drug-likeness (QED) is 0.337. The first-order chi connectivity index (χ1) is 17.9. The molecule has 1 amide bonds. The molecule has 2 aliphatic heterocycles. The third-order valence-corrected chi connectivity index (χ3v) is 7.14. The summed E-state index contributed by atoms with van der Waals surface area (Å²) in [5.41, 5.74) is 4.76. The van der Waals surface area contributed by atoms with Gasteiger partial charge in [-0.15, -0.1) is 0 Å². The number of benzene rings is 2. The van der Waals surface area contributed by atoms with Crippen molar-refractivity contribution in [2.24, 2.45) is 0 Å². The zero-order valence-electron chi connectivity index (χ0n) is 19.8. The molecule has 188 valence electrons. The van der Waals surface area contributed by atoms with Gasteiger partial charge in [0.15, 0.2) is 0 Å². The normalized spacial score (nSPS) is 14.6. The SMILES string of the molecule is Cc1c(-c2cc3cc(Nc4ccc5c(c4)COCC5)ncc3c(Cl)c2F)cnc2c1N(C(=O)O)CCO2. The van der Waals surface area contributed by atoms with E-state index in [1.807, 2.05) is 12.1 Å². The summed E-state index contributed by atoms with van der Waals surface area (Å²) in [7, 11) is 0. The Kier molecular flexibility index (Phi) is 5.81. The van der Waals surface area contributed by atoms with Crippen molar-refractivity contribution >= 4 is 45.7 Å². The number of nitrogens with zero attached hydrogens (tertiary/aromatic N) is 3. The van der Waals surface area contributed by atoms with Crippen molar-refractivity contribution in [2.75, 3.05) is 30.0 Å². The van der Waals surface area contributed by atoms with Crippen molar-refractivity contribution in [2.45, 2.75) is 20.0 Å². The van der Waals surface area contributed by atoms with E-state index in [1.54, 1.807) is 19.1 Å². The summed E-state index contributed by atoms with van der Waals surface area (Å²) < 4.78 is 26.6. The summed E-state index contributed by atoms with van der Waals surface area (Å²) in [5, 5.41) is 14.0. The topological polar surface area (TPSA) is 96.8 Å². The predicted octanol–water partition coefficient (Wildman–Crippen LogP) is 6.09. The first-order valence-electron chi connectivity index (χ1n) is 11.8. The van der Waals surface area contributed by atoms with Gasteiger partial charge in [0, 0.05) is 34.6 Å². The van der Waals surface area contributed by atoms with Crippen LogP contribution in [0.25, 0.3) is 21.9 Å². The summed E-state index contributed by atoms with van der Waals surface area (Å²) in [5.74, 6) is 0.145. The molecule has 0 aliphatic carbocycles. The van der Waals surface area contributed by atoms with Crippen molar-refractivity contribution in [3.63, 3.8) is 0 Å². The fourth-order valence-corrected chi connectivity index (χ4v) is 5.15. The lowest BCUT2D eigenvalue weighted by Crippen LogP contribution is -2.37. The fraction of sp³-hybridized carbons (Fsp3) is 0.222. The molecule has 0 saturated heterocycles. The molecule has 10 heteroatoms. The predicted molar refractivity (Wildman–Crippen MR) is 139 cm³/mol. The molecular formula is C27H22ClFN4O4. The summed E-state index contributed by atoms with van der Waals surface area (Å²) in [4.78, 5) is 21.7. The maximum absolute atomic E-state index is 15.5. The van der Waals surface area contributed by atoms with Gasteiger partial charge in [0.25, 0.3) is 0 Å². The smallest absolute Gasteiger partial charge is 0.412 e. The van der Waals surface area contributed by atoms with Crippen LogP contribution in [0.5, 0.6) is 5.88 Å². The Morgan fingerprint density at radius 3 is 2.84 bits per heavy atom. The summed E-state index contributed by atoms with van der Waals surface area (Å²) in [6.45, 7) is 3.38. The molecule has 2 aromatic carbocycles. The van der Waals surface area contributed by atoms with Crippen LogP contribution in [-0.2, 0) is 17.8 Å². The molecule has 37 heavy (non-hydrogen) atoms. The van der Waals surface area contributed by atoms with Crippen LogP contribution in [0.3, 0.4) is 0 Å². The molecule has 0 saturated carbocycles. The van der Waals surface area contributed by atoms with Crippen LogP contribution in [0.1, 0.15) is 16.7 Å². The first-order valence-corrected chi connectivity index (χ1v) is 12.2. The van der Waals surface area contributed by atoms with Gasteiger partial charge in [0.05, 0.1) is 24.8 Å². The number of aromatic nitrogens is 2. The van der Waals surface area contributed by atoms with Gasteiger partial charge >= 0.3 is 6.09 Å². The number of ether oxygens (including phenoxy) is 2. The second-order valence-corrected chi connectivity index (χ2v) is 9.37. The third-order valence-electron chi connectivity index (χ3n) is 6.77. The zero-order valence-corrected chi connectivity index (χ0v) is 20.6. The van der Waals surface area contributed by atoms with Crippen molar-refractivity contribution in [3.05, 3.63) is 70.3 Å². The fourth-order valence-electron chi connectivity index (χ4n) is 4.89. The van der Waals surface area contributed by atoms with Gasteiger partial charge in [0.2, 0.25) is 5.88 Å². The van der Waals surface area contributed by atoms with E-state index in [1.165, 1.54) is 22.9 Å². The Balaban J connectivity index is 1.42. The van der Waals surface area contributed by atoms with E-state index in [9.17, 15) is 9.90 Å². The van der Waals surface area contributed by atoms with E-state index < -0.39 is 11.9 Å². The molecule has 4 aromatic rings. The number of halogens is 2. The van der Waals surface area contributed by atoms with Gasteiger partial charge in [-0.25, -0.2) is 19.2 Å². The second kappa shape index (κ2) is 9.17. The van der Waals surface area contributed by atoms with Crippen LogP contribution < -0.4 is 15.0 Å². The number of pyridine rings is 2. The second-order valence-electron chi connectivity index (χ2n) is 8.99. The minimum Gasteiger partial charge on any atom is -0.474 e. The number of carboxylic acid groups (broad SMARTS) is 1. The Hall–Kier alpha value is -3.95. The molecule has 8 nitrogen and oxygen atoms in total. The standard InChI is InChI=1S/C27H22ClFN4O4/c1-14-20(11-31-26-25(14)33(27(34)35)5-7-37-26)19-9-16-10-22(30-12-21(16)23(28)24(19)29)32-18-3-2-15-4-6-36-13-17(15)8-18/h2-3,8-12H,4-7,13H2,1H3,(H,30,32)(H,34,35). The summed E-state index contributed by atoms with van der Waals surface area (Å²) >= 11 is 6.45. The van der Waals surface area contributed by atoms with Crippen molar-refractivity contribution < 1.29 is 23.8 Å². The molecule has 2 aliphatic rings. The Morgan fingerprint density at radius 2 is 2.00 bits per heavy atom. The molecule has 0 atom stereocenters. The first kappa shape index (κ1) is 23.4. The number of carbonyl (C=O) groups is 1. The van der Waals surface area contributed by atoms with Gasteiger partial charge in [-0.1, -0.05) is 17.7 Å². The maximum Gasteiger partial charge on any atom is 0.412 e. The lowest BCUT2D eigenvalue weighted by Gasteiger charge is -2.28. The molecule has 2 aromatic heterocycles. The van der Waals surface area contributed by atoms with Crippen molar-refractivity contribution in [1.29, 1.82) is 0 Å². The molecule has 4 heterocycles. The number of rotatable bonds is 3. The Morgan fingerprint density at radius 1 is 1.14 bits per heavy atom. The number of hydrogen-bond donors (Lipinski definition) is 2. The molecule has 6 rings (SSSR count). The summed E-state index contributed by atoms with van der Waals surface area (Å²) in [6.07, 6.45) is 2.78. The molecule has 0 radical (unpaired) electrons. The number of nitrogens with one attached hydrogen (secondary N) is 1. The van der Waals surface area contributed by atoms with Gasteiger partial charge in [-0.05, 0) is 59.7 Å². The van der Waals surface area contributed by atoms with Crippen LogP contribution in [0.4, 0.5) is 26.4 Å². The van der Waals surface area contributed by atoms with Crippen LogP contribution in [0.2, 0.25) is 5.02 Å². The Labute approximate surface area is 216 Å². The lowest BCUT2D eigenvalue weighted by molar-refractivity contribution is 0.111. The average molecular weight is 521 g/mol. The van der Waals surface area contributed by atoms with Gasteiger partial charge < -0.3 is 19.9 Å². The average Bonchev–Trinajstić information content (AvgIpc) is 2.90. The Bertz CT molecular complexity index is 1580. The number of anilines is 3. The highest BCUT2D eigenvalue weighted by Gasteiger charge is 2.29. The zero-order chi connectivity index (χ0) is 25.7. The highest BCUT2D eigenvalue weighted by atomic mass is 35.5. The van der Waals surface area contributed by atoms with E-state index >= 15 is 4.39 Å². The van der Waals surface area contributed by atoms with E-state index in [0.717, 1.165) is 24.3 Å². The molecule has 0 bridgehead atoms. The van der Waals surface area contributed by atoms with Crippen LogP contribution in [0, 0.1) is 12.7 Å². The minimum atomic E-state index is -1.13. The van der Waals surface area contributed by atoms with Crippen LogP contribution in [-0.4, -0.2) is 40.9 Å². The molecule has 0 fully saturated rings. The van der Waals surface area contributed by atoms with Gasteiger partial charge in [-0.3, -0.25) is 4.90 Å². The maximum atomic E-state index is 15.5. The van der Waals surface area contributed by atoms with Crippen molar-refractivity contribution in [1.82, 2.24) is 9.97 Å². The molecule has 0 unspecified atom stereocenters. The lowest BCUT2D eigenvalue weighted by atomic mass is 9.97. The number of fused-ring (bicyclic) bond motifs is 3. The van der Waals surface area contributed by atoms with Gasteiger partial charge in [0.1, 0.15) is 23.9 Å². The largest absolute Gasteiger partial charge is 0.474 e. The van der Waals surface area contributed by atoms with Gasteiger partial charge in [-0.2, -0.15) is 0 Å². The highest BCUT2D eigenvalue weighted by molar-refractivity contribution is 6.36. The van der Waals surface area contributed by atoms with Crippen LogP contribution >= 0.6 is 11.6 Å². The minimum absolute atomic E-state index is 0.0686. The molecular weight excluding hydrogens is 499 g/mol. The summed E-state index contributed by atoms with van der Waals surface area (Å²) in [6, 6.07) is 9.60. The molecule has 0 spiro atoms. The number of hydrogen-bond acceptors (Lipinski definition) is 6.